The summed E-state index contributed by atoms with van der Waals surface area (Å²) in [7, 11) is 1.61. The number of amides is 2. The third-order valence-electron chi connectivity index (χ3n) is 5.08. The number of thioether (sulfide) groups is 1. The molecule has 164 valence electrons. The number of nitrogens with two attached hydrogens (primary N) is 1. The van der Waals surface area contributed by atoms with Crippen LogP contribution in [0.15, 0.2) is 57.9 Å². The van der Waals surface area contributed by atoms with Crippen molar-refractivity contribution in [3.63, 3.8) is 0 Å². The number of likely N-dealkylation sites (N-methyl/N-ethyl adjacent to an activating group) is 1. The van der Waals surface area contributed by atoms with Gasteiger partial charge < -0.3 is 20.5 Å². The summed E-state index contributed by atoms with van der Waals surface area (Å²) in [5.74, 6) is 0.0794. The van der Waals surface area contributed by atoms with Crippen LogP contribution in [0.5, 0.6) is 0 Å². The third-order valence-corrected chi connectivity index (χ3v) is 6.42. The zero-order valence-electron chi connectivity index (χ0n) is 17.1. The summed E-state index contributed by atoms with van der Waals surface area (Å²) in [4.78, 5) is 28.0. The fourth-order valence-corrected chi connectivity index (χ4v) is 4.67. The van der Waals surface area contributed by atoms with Crippen molar-refractivity contribution in [2.24, 2.45) is 0 Å². The molecule has 0 spiro atoms. The Balaban J connectivity index is 1.48. The summed E-state index contributed by atoms with van der Waals surface area (Å²) in [5.41, 5.74) is 8.43. The lowest BCUT2D eigenvalue weighted by atomic mass is 10.1. The topological polar surface area (TPSA) is 125 Å². The first-order chi connectivity index (χ1) is 15.3. The molecule has 1 aliphatic rings. The van der Waals surface area contributed by atoms with E-state index in [1.54, 1.807) is 25.2 Å². The molecule has 0 aliphatic carbocycles. The first-order valence-corrected chi connectivity index (χ1v) is 11.1. The van der Waals surface area contributed by atoms with E-state index in [2.05, 4.69) is 10.5 Å². The van der Waals surface area contributed by atoms with Gasteiger partial charge in [0.05, 0.1) is 5.69 Å². The number of benzene rings is 2. The van der Waals surface area contributed by atoms with Crippen LogP contribution in [0, 0.1) is 5.41 Å². The maximum atomic E-state index is 13.0. The summed E-state index contributed by atoms with van der Waals surface area (Å²) in [6, 6.07) is 13.8. The number of carbonyl (C=O) groups is 2. The summed E-state index contributed by atoms with van der Waals surface area (Å²) in [6.45, 7) is 0. The predicted molar refractivity (Wildman–Crippen MR) is 125 cm³/mol. The maximum Gasteiger partial charge on any atom is 0.274 e. The Morgan fingerprint density at radius 3 is 2.81 bits per heavy atom. The Morgan fingerprint density at radius 2 is 2.09 bits per heavy atom. The molecule has 10 heteroatoms. The van der Waals surface area contributed by atoms with Gasteiger partial charge in [0.25, 0.3) is 5.91 Å². The van der Waals surface area contributed by atoms with Crippen molar-refractivity contribution in [1.29, 1.82) is 5.41 Å². The number of carbonyl (C=O) groups excluding carboxylic acids is 2. The van der Waals surface area contributed by atoms with E-state index < -0.39 is 11.9 Å². The van der Waals surface area contributed by atoms with Gasteiger partial charge in [-0.05, 0) is 17.7 Å². The molecule has 2 amide bonds. The van der Waals surface area contributed by atoms with Crippen LogP contribution in [0.4, 0.5) is 11.4 Å². The van der Waals surface area contributed by atoms with E-state index in [-0.39, 0.29) is 16.8 Å². The number of fused-ring (bicyclic) bond motifs is 1. The van der Waals surface area contributed by atoms with Gasteiger partial charge in [0.2, 0.25) is 5.91 Å². The van der Waals surface area contributed by atoms with Crippen LogP contribution in [-0.4, -0.2) is 41.0 Å². The fourth-order valence-electron chi connectivity index (χ4n) is 3.38. The molecule has 8 nitrogen and oxygen atoms in total. The lowest BCUT2D eigenvalue weighted by Gasteiger charge is -2.22. The van der Waals surface area contributed by atoms with Crippen molar-refractivity contribution in [1.82, 2.24) is 10.5 Å². The van der Waals surface area contributed by atoms with Gasteiger partial charge in [0.1, 0.15) is 17.0 Å². The molecule has 0 saturated heterocycles. The van der Waals surface area contributed by atoms with Gasteiger partial charge in [-0.1, -0.05) is 47.1 Å². The summed E-state index contributed by atoms with van der Waals surface area (Å²) < 4.78 is 5.29. The number of aromatic nitrogens is 1. The maximum absolute atomic E-state index is 13.0. The van der Waals surface area contributed by atoms with Gasteiger partial charge in [-0.2, -0.15) is 0 Å². The highest BCUT2D eigenvalue weighted by Gasteiger charge is 2.31. The lowest BCUT2D eigenvalue weighted by molar-refractivity contribution is -0.119. The van der Waals surface area contributed by atoms with Crippen LogP contribution in [0.2, 0.25) is 0 Å². The normalized spacial score (nSPS) is 15.8. The van der Waals surface area contributed by atoms with E-state index in [0.29, 0.717) is 34.9 Å². The first kappa shape index (κ1) is 21.9. The van der Waals surface area contributed by atoms with Gasteiger partial charge in [-0.15, -0.1) is 11.8 Å². The third kappa shape index (κ3) is 4.49. The zero-order valence-corrected chi connectivity index (χ0v) is 18.7. The Hall–Kier alpha value is -3.30. The van der Waals surface area contributed by atoms with Crippen LogP contribution in [0.1, 0.15) is 27.4 Å². The second-order valence-corrected chi connectivity index (χ2v) is 8.74. The van der Waals surface area contributed by atoms with Crippen LogP contribution in [-0.2, 0) is 11.2 Å². The van der Waals surface area contributed by atoms with Crippen molar-refractivity contribution in [3.8, 4) is 0 Å². The molecule has 2 aromatic carbocycles. The van der Waals surface area contributed by atoms with Crippen molar-refractivity contribution in [2.45, 2.75) is 17.4 Å². The van der Waals surface area contributed by atoms with Crippen molar-refractivity contribution < 1.29 is 14.1 Å². The minimum Gasteiger partial charge on any atom is -0.398 e. The number of nitrogens with zero attached hydrogens (tertiary/aromatic N) is 2. The zero-order chi connectivity index (χ0) is 22.8. The molecular weight excluding hydrogens is 450 g/mol. The molecule has 0 radical (unpaired) electrons. The van der Waals surface area contributed by atoms with E-state index in [0.717, 1.165) is 10.5 Å². The molecule has 3 aromatic rings. The fraction of sp³-hybridized carbons (Fsp3) is 0.182. The lowest BCUT2D eigenvalue weighted by Crippen LogP contribution is -2.48. The second-order valence-electron chi connectivity index (χ2n) is 7.30. The highest BCUT2D eigenvalue weighted by molar-refractivity contribution is 7.99. The van der Waals surface area contributed by atoms with Gasteiger partial charge in [-0.25, -0.2) is 0 Å². The molecule has 0 bridgehead atoms. The smallest absolute Gasteiger partial charge is 0.274 e. The molecule has 4 N–H and O–H groups in total. The van der Waals surface area contributed by atoms with E-state index in [1.807, 2.05) is 30.3 Å². The molecule has 0 fully saturated rings. The van der Waals surface area contributed by atoms with E-state index in [9.17, 15) is 9.59 Å². The van der Waals surface area contributed by atoms with E-state index in [1.165, 1.54) is 16.7 Å². The average molecular weight is 470 g/mol. The Morgan fingerprint density at radius 1 is 1.34 bits per heavy atom. The molecule has 4 rings (SSSR count). The second kappa shape index (κ2) is 9.05. The number of nitrogen functional groups attached to an aromatic ring is 1. The number of anilines is 2. The Kier molecular flexibility index (Phi) is 6.20. The van der Waals surface area contributed by atoms with Gasteiger partial charge in [-0.3, -0.25) is 15.0 Å². The molecular formula is C22H20ClN5O3S. The highest BCUT2D eigenvalue weighted by atomic mass is 35.5. The minimum atomic E-state index is -0.778. The van der Waals surface area contributed by atoms with E-state index >= 15 is 0 Å². The Bertz CT molecular complexity index is 1200. The number of hydrogen-bond acceptors (Lipinski definition) is 7. The Labute approximate surface area is 193 Å². The monoisotopic (exact) mass is 469 g/mol. The largest absolute Gasteiger partial charge is 0.398 e. The van der Waals surface area contributed by atoms with E-state index in [4.69, 9.17) is 27.3 Å². The van der Waals surface area contributed by atoms with Gasteiger partial charge in [0.15, 0.2) is 5.69 Å². The molecule has 2 heterocycles. The van der Waals surface area contributed by atoms with Crippen LogP contribution in [0.25, 0.3) is 0 Å². The van der Waals surface area contributed by atoms with Gasteiger partial charge in [0, 0.05) is 41.4 Å². The summed E-state index contributed by atoms with van der Waals surface area (Å²) in [5, 5.41) is 14.1. The molecule has 0 unspecified atom stereocenters. The quantitative estimate of drug-likeness (QED) is 0.389. The standard InChI is InChI=1S/C22H20ClN5O3S/c1-28-18-9-14(20(23)25)15(24)10-19(18)32-11-17(22(28)30)26-21(29)16-8-13(31-27-16)7-12-5-3-2-4-6-12/h2-6,8-10,17,25H,7,11,24H2,1H3,(H,26,29)/t17-/m0/s1. The predicted octanol–water partition coefficient (Wildman–Crippen LogP) is 3.28. The van der Waals surface area contributed by atoms with Crippen molar-refractivity contribution >= 4 is 51.7 Å². The van der Waals surface area contributed by atoms with Crippen LogP contribution in [0.3, 0.4) is 0 Å². The molecule has 1 atom stereocenters. The van der Waals surface area contributed by atoms with Gasteiger partial charge >= 0.3 is 0 Å². The minimum absolute atomic E-state index is 0.111. The van der Waals surface area contributed by atoms with Crippen LogP contribution >= 0.6 is 23.4 Å². The number of nitrogens with one attached hydrogen (secondary N) is 2. The molecule has 1 aliphatic heterocycles. The summed E-state index contributed by atoms with van der Waals surface area (Å²) in [6.07, 6.45) is 0.511. The van der Waals surface area contributed by atoms with Crippen molar-refractivity contribution in [3.05, 3.63) is 71.1 Å². The highest BCUT2D eigenvalue weighted by Crippen LogP contribution is 2.37. The van der Waals surface area contributed by atoms with Crippen LogP contribution < -0.4 is 16.0 Å². The molecule has 32 heavy (non-hydrogen) atoms. The number of hydrogen-bond donors (Lipinski definition) is 3. The average Bonchev–Trinajstić information content (AvgIpc) is 3.20. The van der Waals surface area contributed by atoms with Crippen molar-refractivity contribution in [2.75, 3.05) is 23.4 Å². The molecule has 1 aromatic heterocycles. The SMILES string of the molecule is CN1C(=O)[C@@H](NC(=O)c2cc(Cc3ccccc3)on2)CSc2cc(N)c(C(=N)Cl)cc21. The first-order valence-electron chi connectivity index (χ1n) is 9.72. The molecule has 0 saturated carbocycles. The summed E-state index contributed by atoms with van der Waals surface area (Å²) >= 11 is 7.20. The number of halogens is 1. The number of rotatable bonds is 5.